The predicted molar refractivity (Wildman–Crippen MR) is 124 cm³/mol. The molecule has 160 valence electrons. The van der Waals surface area contributed by atoms with E-state index in [-0.39, 0.29) is 0 Å². The van der Waals surface area contributed by atoms with Gasteiger partial charge in [0.05, 0.1) is 23.5 Å². The number of hydrogen-bond donors (Lipinski definition) is 2. The van der Waals surface area contributed by atoms with E-state index in [0.29, 0.717) is 0 Å². The Balaban J connectivity index is 1.50. The molecule has 2 aromatic heterocycles. The Morgan fingerprint density at radius 1 is 1.10 bits per heavy atom. The normalized spacial score (nSPS) is 11.8. The maximum atomic E-state index is 5.46. The van der Waals surface area contributed by atoms with Crippen LogP contribution in [-0.2, 0) is 26.1 Å². The van der Waals surface area contributed by atoms with E-state index in [4.69, 9.17) is 4.42 Å². The molecule has 3 aromatic rings. The third-order valence-corrected chi connectivity index (χ3v) is 6.07. The molecule has 0 atom stereocenters. The van der Waals surface area contributed by atoms with Gasteiger partial charge in [-0.1, -0.05) is 24.3 Å². The van der Waals surface area contributed by atoms with E-state index < -0.39 is 0 Å². The first-order valence-electron chi connectivity index (χ1n) is 10.2. The van der Waals surface area contributed by atoms with E-state index in [1.807, 2.05) is 12.1 Å². The number of nitrogens with one attached hydrogen (secondary N) is 2. The second-order valence-corrected chi connectivity index (χ2v) is 8.66. The zero-order valence-corrected chi connectivity index (χ0v) is 19.1. The molecule has 0 aliphatic heterocycles. The molecule has 0 spiro atoms. The lowest BCUT2D eigenvalue weighted by Gasteiger charge is -2.19. The average Bonchev–Trinajstić information content (AvgIpc) is 3.35. The minimum atomic E-state index is 0.722. The summed E-state index contributed by atoms with van der Waals surface area (Å²) in [7, 11) is 3.91. The number of aliphatic imine (C=N–C) groups is 1. The van der Waals surface area contributed by atoms with Crippen LogP contribution in [0.15, 0.2) is 52.1 Å². The van der Waals surface area contributed by atoms with Crippen LogP contribution in [0.2, 0.25) is 0 Å². The largest absolute Gasteiger partial charge is 0.468 e. The summed E-state index contributed by atoms with van der Waals surface area (Å²) in [5, 5.41) is 7.99. The summed E-state index contributed by atoms with van der Waals surface area (Å²) in [4.78, 5) is 12.5. The third-order valence-electron chi connectivity index (χ3n) is 4.94. The number of aryl methyl sites for hydroxylation is 2. The van der Waals surface area contributed by atoms with Crippen LogP contribution in [-0.4, -0.2) is 36.5 Å². The fourth-order valence-corrected chi connectivity index (χ4v) is 4.17. The van der Waals surface area contributed by atoms with Crippen molar-refractivity contribution >= 4 is 17.3 Å². The van der Waals surface area contributed by atoms with Gasteiger partial charge in [-0.3, -0.25) is 9.89 Å². The molecule has 2 heterocycles. The van der Waals surface area contributed by atoms with E-state index in [9.17, 15) is 0 Å². The standard InChI is InChI=1S/C23H31N5OS/c1-17-18(2)30-22(27-17)11-12-25-23(24-3)26-14-19-8-5-6-9-20(19)15-28(4)16-21-10-7-13-29-21/h5-10,13H,11-12,14-16H2,1-4H3,(H2,24,25,26). The van der Waals surface area contributed by atoms with E-state index in [1.54, 1.807) is 24.6 Å². The quantitative estimate of drug-likeness (QED) is 0.402. The van der Waals surface area contributed by atoms with Gasteiger partial charge in [0.2, 0.25) is 0 Å². The molecule has 3 rings (SSSR count). The molecular formula is C23H31N5OS. The summed E-state index contributed by atoms with van der Waals surface area (Å²) >= 11 is 1.77. The van der Waals surface area contributed by atoms with Gasteiger partial charge in [-0.05, 0) is 44.2 Å². The zero-order valence-electron chi connectivity index (χ0n) is 18.2. The lowest BCUT2D eigenvalue weighted by atomic mass is 10.1. The van der Waals surface area contributed by atoms with Crippen molar-refractivity contribution < 1.29 is 4.42 Å². The Morgan fingerprint density at radius 3 is 2.57 bits per heavy atom. The molecule has 6 nitrogen and oxygen atoms in total. The number of benzene rings is 1. The SMILES string of the molecule is CN=C(NCCc1nc(C)c(C)s1)NCc1ccccc1CN(C)Cc1ccco1. The molecule has 0 amide bonds. The first-order chi connectivity index (χ1) is 14.5. The van der Waals surface area contributed by atoms with Gasteiger partial charge in [-0.15, -0.1) is 11.3 Å². The molecular weight excluding hydrogens is 394 g/mol. The molecule has 0 saturated carbocycles. The number of aromatic nitrogens is 1. The number of nitrogens with zero attached hydrogens (tertiary/aromatic N) is 3. The highest BCUT2D eigenvalue weighted by atomic mass is 32.1. The highest BCUT2D eigenvalue weighted by Gasteiger charge is 2.09. The maximum Gasteiger partial charge on any atom is 0.191 e. The van der Waals surface area contributed by atoms with Crippen molar-refractivity contribution in [1.82, 2.24) is 20.5 Å². The van der Waals surface area contributed by atoms with Crippen LogP contribution in [0.3, 0.4) is 0 Å². The lowest BCUT2D eigenvalue weighted by molar-refractivity contribution is 0.287. The van der Waals surface area contributed by atoms with Gasteiger partial charge in [-0.25, -0.2) is 4.98 Å². The average molecular weight is 426 g/mol. The monoisotopic (exact) mass is 425 g/mol. The molecule has 0 saturated heterocycles. The minimum Gasteiger partial charge on any atom is -0.468 e. The van der Waals surface area contributed by atoms with Gasteiger partial charge < -0.3 is 15.1 Å². The Kier molecular flexibility index (Phi) is 8.04. The van der Waals surface area contributed by atoms with Crippen LogP contribution in [0, 0.1) is 13.8 Å². The van der Waals surface area contributed by atoms with E-state index in [2.05, 4.69) is 70.7 Å². The predicted octanol–water partition coefficient (Wildman–Crippen LogP) is 3.89. The summed E-state index contributed by atoms with van der Waals surface area (Å²) < 4.78 is 5.46. The highest BCUT2D eigenvalue weighted by molar-refractivity contribution is 7.11. The summed E-state index contributed by atoms with van der Waals surface area (Å²) in [6, 6.07) is 12.4. The summed E-state index contributed by atoms with van der Waals surface area (Å²) in [6.45, 7) is 7.35. The van der Waals surface area contributed by atoms with Crippen LogP contribution in [0.25, 0.3) is 0 Å². The molecule has 0 bridgehead atoms. The van der Waals surface area contributed by atoms with Crippen molar-refractivity contribution in [3.05, 3.63) is 75.1 Å². The van der Waals surface area contributed by atoms with E-state index in [0.717, 1.165) is 55.0 Å². The number of hydrogen-bond acceptors (Lipinski definition) is 5. The van der Waals surface area contributed by atoms with E-state index >= 15 is 0 Å². The Labute approximate surface area is 183 Å². The topological polar surface area (TPSA) is 65.7 Å². The smallest absolute Gasteiger partial charge is 0.191 e. The minimum absolute atomic E-state index is 0.722. The number of rotatable bonds is 9. The molecule has 30 heavy (non-hydrogen) atoms. The second kappa shape index (κ2) is 10.9. The Bertz CT molecular complexity index is 929. The van der Waals surface area contributed by atoms with Gasteiger partial charge in [0, 0.05) is 38.0 Å². The van der Waals surface area contributed by atoms with Crippen molar-refractivity contribution in [2.45, 2.75) is 39.9 Å². The van der Waals surface area contributed by atoms with Crippen LogP contribution < -0.4 is 10.6 Å². The molecule has 0 unspecified atom stereocenters. The lowest BCUT2D eigenvalue weighted by Crippen LogP contribution is -2.38. The molecule has 1 aromatic carbocycles. The van der Waals surface area contributed by atoms with Crippen LogP contribution in [0.1, 0.15) is 32.5 Å². The van der Waals surface area contributed by atoms with Crippen LogP contribution in [0.4, 0.5) is 0 Å². The van der Waals surface area contributed by atoms with Gasteiger partial charge in [0.25, 0.3) is 0 Å². The van der Waals surface area contributed by atoms with Gasteiger partial charge in [0.1, 0.15) is 5.76 Å². The van der Waals surface area contributed by atoms with E-state index in [1.165, 1.54) is 16.0 Å². The first-order valence-corrected chi connectivity index (χ1v) is 11.0. The van der Waals surface area contributed by atoms with Crippen LogP contribution >= 0.6 is 11.3 Å². The molecule has 0 aliphatic carbocycles. The first kappa shape index (κ1) is 22.1. The number of furan rings is 1. The zero-order chi connectivity index (χ0) is 21.3. The van der Waals surface area contributed by atoms with Crippen molar-refractivity contribution in [2.24, 2.45) is 4.99 Å². The second-order valence-electron chi connectivity index (χ2n) is 7.37. The highest BCUT2D eigenvalue weighted by Crippen LogP contribution is 2.16. The van der Waals surface area contributed by atoms with Crippen molar-refractivity contribution in [2.75, 3.05) is 20.6 Å². The van der Waals surface area contributed by atoms with Crippen molar-refractivity contribution in [3.8, 4) is 0 Å². The Hall–Kier alpha value is -2.64. The molecule has 0 aliphatic rings. The third kappa shape index (κ3) is 6.43. The molecule has 0 fully saturated rings. The fraction of sp³-hybridized carbons (Fsp3) is 0.391. The van der Waals surface area contributed by atoms with Gasteiger partial charge >= 0.3 is 0 Å². The fourth-order valence-electron chi connectivity index (χ4n) is 3.23. The molecule has 0 radical (unpaired) electrons. The summed E-state index contributed by atoms with van der Waals surface area (Å²) in [6.07, 6.45) is 2.62. The summed E-state index contributed by atoms with van der Waals surface area (Å²) in [5.41, 5.74) is 3.69. The maximum absolute atomic E-state index is 5.46. The summed E-state index contributed by atoms with van der Waals surface area (Å²) in [5.74, 6) is 1.78. The van der Waals surface area contributed by atoms with Crippen LogP contribution in [0.5, 0.6) is 0 Å². The molecule has 2 N–H and O–H groups in total. The van der Waals surface area contributed by atoms with Gasteiger partial charge in [-0.2, -0.15) is 0 Å². The van der Waals surface area contributed by atoms with Crippen molar-refractivity contribution in [1.29, 1.82) is 0 Å². The van der Waals surface area contributed by atoms with Gasteiger partial charge in [0.15, 0.2) is 5.96 Å². The van der Waals surface area contributed by atoms with Crippen molar-refractivity contribution in [3.63, 3.8) is 0 Å². The number of thiazole rings is 1. The number of guanidine groups is 1. The molecule has 7 heteroatoms. The Morgan fingerprint density at radius 2 is 1.90 bits per heavy atom.